The van der Waals surface area contributed by atoms with Crippen molar-refractivity contribution < 1.29 is 24.5 Å². The van der Waals surface area contributed by atoms with Gasteiger partial charge < -0.3 is 20.3 Å². The molecule has 0 bridgehead atoms. The number of hydrogen-bond donors (Lipinski definition) is 3. The van der Waals surface area contributed by atoms with Gasteiger partial charge in [0.15, 0.2) is 0 Å². The lowest BCUT2D eigenvalue weighted by atomic mass is 10.0. The molecule has 0 aromatic carbocycles. The third-order valence-electron chi connectivity index (χ3n) is 16.0. The van der Waals surface area contributed by atoms with Gasteiger partial charge in [-0.3, -0.25) is 9.59 Å². The number of carbonyl (C=O) groups excluding carboxylic acids is 2. The quantitative estimate of drug-likeness (QED) is 0.0320. The van der Waals surface area contributed by atoms with Gasteiger partial charge in [-0.2, -0.15) is 0 Å². The van der Waals surface area contributed by atoms with Crippen molar-refractivity contribution in [1.29, 1.82) is 0 Å². The lowest BCUT2D eigenvalue weighted by Crippen LogP contribution is -2.45. The molecule has 444 valence electrons. The number of hydrogen-bond acceptors (Lipinski definition) is 5. The second-order valence-corrected chi connectivity index (χ2v) is 23.5. The van der Waals surface area contributed by atoms with Crippen molar-refractivity contribution in [3.8, 4) is 0 Å². The number of nitrogens with one attached hydrogen (secondary N) is 1. The molecule has 2 unspecified atom stereocenters. The van der Waals surface area contributed by atoms with E-state index in [1.54, 1.807) is 6.08 Å². The fourth-order valence-corrected chi connectivity index (χ4v) is 10.7. The van der Waals surface area contributed by atoms with Crippen molar-refractivity contribution in [3.05, 3.63) is 24.3 Å². The lowest BCUT2D eigenvalue weighted by Gasteiger charge is -2.20. The Balaban J connectivity index is 3.29. The van der Waals surface area contributed by atoms with E-state index in [1.165, 1.54) is 308 Å². The van der Waals surface area contributed by atoms with Crippen LogP contribution in [0.3, 0.4) is 0 Å². The number of rotatable bonds is 64. The van der Waals surface area contributed by atoms with Gasteiger partial charge in [0.05, 0.1) is 25.4 Å². The molecule has 6 heteroatoms. The first-order valence-corrected chi connectivity index (χ1v) is 34.1. The van der Waals surface area contributed by atoms with Crippen LogP contribution >= 0.6 is 0 Å². The van der Waals surface area contributed by atoms with Gasteiger partial charge in [0.2, 0.25) is 5.91 Å². The number of allylic oxidation sites excluding steroid dienone is 3. The summed E-state index contributed by atoms with van der Waals surface area (Å²) < 4.78 is 5.50. The van der Waals surface area contributed by atoms with Crippen LogP contribution in [-0.2, 0) is 14.3 Å². The van der Waals surface area contributed by atoms with Gasteiger partial charge in [-0.15, -0.1) is 0 Å². The Kier molecular flexibility index (Phi) is 63.4. The second kappa shape index (κ2) is 64.9. The molecular weight excluding hydrogens is 923 g/mol. The fraction of sp³-hybridized carbons (Fsp3) is 0.913. The standard InChI is InChI=1S/C69H133NO5/c1-3-5-7-9-11-13-14-15-16-37-40-43-47-51-55-59-63-69(74)75-64-60-56-52-48-44-41-38-35-33-31-29-27-25-23-21-19-17-18-20-22-24-26-28-30-32-34-36-39-42-46-50-54-58-62-68(73)70-66(65-71)67(72)61-57-53-49-45-12-10-8-6-4-2/h16,37,57,61,66-67,71-72H,3-15,17-36,38-56,58-60,62-65H2,1-2H3,(H,70,73)/b37-16-,61-57+. The van der Waals surface area contributed by atoms with Crippen LogP contribution in [0.15, 0.2) is 24.3 Å². The normalized spacial score (nSPS) is 12.6. The highest BCUT2D eigenvalue weighted by Gasteiger charge is 2.18. The van der Waals surface area contributed by atoms with Gasteiger partial charge in [0.1, 0.15) is 0 Å². The first kappa shape index (κ1) is 73.3. The summed E-state index contributed by atoms with van der Waals surface area (Å²) in [6.45, 7) is 4.90. The third-order valence-corrected chi connectivity index (χ3v) is 16.0. The van der Waals surface area contributed by atoms with Crippen molar-refractivity contribution >= 4 is 11.9 Å². The van der Waals surface area contributed by atoms with Crippen LogP contribution in [0.1, 0.15) is 380 Å². The predicted molar refractivity (Wildman–Crippen MR) is 329 cm³/mol. The van der Waals surface area contributed by atoms with Gasteiger partial charge in [-0.1, -0.05) is 334 Å². The predicted octanol–water partition coefficient (Wildman–Crippen LogP) is 21.8. The molecule has 6 nitrogen and oxygen atoms in total. The molecule has 0 fully saturated rings. The Hall–Kier alpha value is -1.66. The molecule has 0 radical (unpaired) electrons. The summed E-state index contributed by atoms with van der Waals surface area (Å²) in [7, 11) is 0. The second-order valence-electron chi connectivity index (χ2n) is 23.5. The molecule has 0 aliphatic carbocycles. The van der Waals surface area contributed by atoms with Gasteiger partial charge in [0, 0.05) is 12.8 Å². The molecule has 0 rings (SSSR count). The van der Waals surface area contributed by atoms with Crippen molar-refractivity contribution in [2.45, 2.75) is 392 Å². The average molecular weight is 1060 g/mol. The first-order valence-electron chi connectivity index (χ1n) is 34.1. The van der Waals surface area contributed by atoms with E-state index in [-0.39, 0.29) is 18.5 Å². The van der Waals surface area contributed by atoms with Crippen LogP contribution in [0.4, 0.5) is 0 Å². The molecule has 0 spiro atoms. The van der Waals surface area contributed by atoms with Crippen molar-refractivity contribution in [2.75, 3.05) is 13.2 Å². The molecule has 0 saturated heterocycles. The Labute approximate surface area is 469 Å². The van der Waals surface area contributed by atoms with Crippen molar-refractivity contribution in [3.63, 3.8) is 0 Å². The maximum Gasteiger partial charge on any atom is 0.305 e. The van der Waals surface area contributed by atoms with E-state index in [9.17, 15) is 19.8 Å². The Morgan fingerprint density at radius 2 is 0.627 bits per heavy atom. The molecule has 3 N–H and O–H groups in total. The number of ether oxygens (including phenoxy) is 1. The molecule has 2 atom stereocenters. The number of aliphatic hydroxyl groups is 2. The third kappa shape index (κ3) is 61.4. The summed E-state index contributed by atoms with van der Waals surface area (Å²) in [5, 5.41) is 23.0. The van der Waals surface area contributed by atoms with Crippen molar-refractivity contribution in [1.82, 2.24) is 5.32 Å². The topological polar surface area (TPSA) is 95.9 Å². The number of aliphatic hydroxyl groups excluding tert-OH is 2. The van der Waals surface area contributed by atoms with E-state index < -0.39 is 12.1 Å². The highest BCUT2D eigenvalue weighted by Crippen LogP contribution is 2.19. The summed E-state index contributed by atoms with van der Waals surface area (Å²) in [6.07, 6.45) is 81.3. The molecular formula is C69H133NO5. The molecule has 1 amide bonds. The van der Waals surface area contributed by atoms with E-state index in [0.717, 1.165) is 44.9 Å². The highest BCUT2D eigenvalue weighted by atomic mass is 16.5. The number of carbonyl (C=O) groups is 2. The molecule has 0 heterocycles. The van der Waals surface area contributed by atoms with Crippen LogP contribution < -0.4 is 5.32 Å². The van der Waals surface area contributed by atoms with Gasteiger partial charge >= 0.3 is 5.97 Å². The van der Waals surface area contributed by atoms with E-state index in [4.69, 9.17) is 4.74 Å². The lowest BCUT2D eigenvalue weighted by molar-refractivity contribution is -0.143. The minimum Gasteiger partial charge on any atom is -0.466 e. The largest absolute Gasteiger partial charge is 0.466 e. The van der Waals surface area contributed by atoms with Gasteiger partial charge in [0.25, 0.3) is 0 Å². The zero-order chi connectivity index (χ0) is 54.3. The summed E-state index contributed by atoms with van der Waals surface area (Å²) in [6, 6.07) is -0.621. The van der Waals surface area contributed by atoms with Crippen LogP contribution in [0.2, 0.25) is 0 Å². The zero-order valence-electron chi connectivity index (χ0n) is 50.8. The van der Waals surface area contributed by atoms with Gasteiger partial charge in [-0.05, 0) is 57.8 Å². The zero-order valence-corrected chi connectivity index (χ0v) is 50.8. The van der Waals surface area contributed by atoms with Crippen molar-refractivity contribution in [2.24, 2.45) is 0 Å². The number of amides is 1. The molecule has 0 aromatic rings. The molecule has 75 heavy (non-hydrogen) atoms. The monoisotopic (exact) mass is 1060 g/mol. The summed E-state index contributed by atoms with van der Waals surface area (Å²) in [4.78, 5) is 24.5. The number of esters is 1. The van der Waals surface area contributed by atoms with E-state index in [1.807, 2.05) is 6.08 Å². The van der Waals surface area contributed by atoms with E-state index in [0.29, 0.717) is 19.4 Å². The van der Waals surface area contributed by atoms with Crippen LogP contribution in [0, 0.1) is 0 Å². The van der Waals surface area contributed by atoms with Crippen LogP contribution in [0.25, 0.3) is 0 Å². The Morgan fingerprint density at radius 3 is 0.947 bits per heavy atom. The van der Waals surface area contributed by atoms with Crippen LogP contribution in [-0.4, -0.2) is 47.4 Å². The molecule has 0 aliphatic rings. The Bertz CT molecular complexity index is 1170. The summed E-state index contributed by atoms with van der Waals surface area (Å²) in [5.41, 5.74) is 0. The molecule has 0 aromatic heterocycles. The maximum atomic E-state index is 12.4. The maximum absolute atomic E-state index is 12.4. The highest BCUT2D eigenvalue weighted by molar-refractivity contribution is 5.76. The smallest absolute Gasteiger partial charge is 0.305 e. The summed E-state index contributed by atoms with van der Waals surface area (Å²) in [5.74, 6) is -0.0501. The van der Waals surface area contributed by atoms with E-state index >= 15 is 0 Å². The van der Waals surface area contributed by atoms with E-state index in [2.05, 4.69) is 31.3 Å². The SMILES string of the molecule is CCCCCCCCC/C=C\CCCCCCCC(=O)OCCCCCCCCCCCCCCCCCCCCCCCCCCCCCCCCCCCC(=O)NC(CO)C(O)/C=C/CCCCCCCCC. The number of unbranched alkanes of at least 4 members (excludes halogenated alkanes) is 51. The first-order chi connectivity index (χ1) is 37.0. The minimum absolute atomic E-state index is 0.0144. The molecule has 0 saturated carbocycles. The average Bonchev–Trinajstić information content (AvgIpc) is 3.41. The Morgan fingerprint density at radius 1 is 0.360 bits per heavy atom. The fourth-order valence-electron chi connectivity index (χ4n) is 10.7. The van der Waals surface area contributed by atoms with Gasteiger partial charge in [-0.25, -0.2) is 0 Å². The summed E-state index contributed by atoms with van der Waals surface area (Å²) >= 11 is 0. The van der Waals surface area contributed by atoms with Crippen LogP contribution in [0.5, 0.6) is 0 Å². The minimum atomic E-state index is -0.838. The molecule has 0 aliphatic heterocycles.